The summed E-state index contributed by atoms with van der Waals surface area (Å²) in [7, 11) is -3.87. The van der Waals surface area contributed by atoms with E-state index in [1.807, 2.05) is 0 Å². The molecule has 0 unspecified atom stereocenters. The summed E-state index contributed by atoms with van der Waals surface area (Å²) in [4.78, 5) is 0. The molecule has 4 heteroatoms. The van der Waals surface area contributed by atoms with Gasteiger partial charge in [-0.3, -0.25) is 0 Å². The molecule has 2 aromatic rings. The van der Waals surface area contributed by atoms with E-state index in [9.17, 15) is 0 Å². The Kier molecular flexibility index (Phi) is 7.02. The van der Waals surface area contributed by atoms with Crippen LogP contribution < -0.4 is 0 Å². The first-order chi connectivity index (χ1) is 16.6. The van der Waals surface area contributed by atoms with Crippen LogP contribution in [0.1, 0.15) is 88.5 Å². The first-order valence-electron chi connectivity index (χ1n) is 13.6. The highest BCUT2D eigenvalue weighted by molar-refractivity contribution is 6.74. The van der Waals surface area contributed by atoms with E-state index in [1.54, 1.807) is 0 Å². The number of benzene rings is 2. The van der Waals surface area contributed by atoms with Gasteiger partial charge >= 0.3 is 0 Å². The Hall–Kier alpha value is -2.05. The third-order valence-corrected chi connectivity index (χ3v) is 17.8. The molecule has 2 aromatic carbocycles. The van der Waals surface area contributed by atoms with Crippen LogP contribution in [0, 0.1) is 0 Å². The van der Waals surface area contributed by atoms with Gasteiger partial charge in [0.05, 0.1) is 11.5 Å². The van der Waals surface area contributed by atoms with Crippen LogP contribution in [-0.4, -0.2) is 16.6 Å². The number of rotatable bonds is 7. The molecule has 2 aliphatic rings. The molecule has 194 valence electrons. The third kappa shape index (κ3) is 5.17. The highest BCUT2D eigenvalue weighted by Crippen LogP contribution is 2.49. The number of hydrogen-bond acceptors (Lipinski definition) is 2. The lowest BCUT2D eigenvalue weighted by molar-refractivity contribution is 0.331. The standard InChI is InChI=1S/C32H46O2Si2/c1-31(2,3)35(7,8)33-29-21-23-15-11-13-17-25(23)27(29)19-20-28-26-18-14-12-16-24(26)22-30(28)34-36(9,10)32(4,5)6/h11-18,21-22,27-28H,19-20H2,1-10H3/t27-,28-/m0/s1. The van der Waals surface area contributed by atoms with Gasteiger partial charge in [-0.2, -0.15) is 0 Å². The normalized spacial score (nSPS) is 19.9. The molecule has 2 atom stereocenters. The predicted octanol–water partition coefficient (Wildman–Crippen LogP) is 10.1. The molecule has 0 radical (unpaired) electrons. The van der Waals surface area contributed by atoms with Crippen LogP contribution in [0.25, 0.3) is 12.2 Å². The molecule has 0 fully saturated rings. The fourth-order valence-corrected chi connectivity index (χ4v) is 6.95. The third-order valence-electron chi connectivity index (χ3n) is 9.13. The van der Waals surface area contributed by atoms with E-state index in [0.29, 0.717) is 11.8 Å². The molecule has 0 aliphatic heterocycles. The maximum atomic E-state index is 6.96. The molecule has 2 aliphatic carbocycles. The van der Waals surface area contributed by atoms with Gasteiger partial charge in [-0.15, -0.1) is 0 Å². The van der Waals surface area contributed by atoms with Crippen LogP contribution >= 0.6 is 0 Å². The zero-order valence-electron chi connectivity index (χ0n) is 24.2. The highest BCUT2D eigenvalue weighted by Gasteiger charge is 2.43. The van der Waals surface area contributed by atoms with Gasteiger partial charge < -0.3 is 8.85 Å². The van der Waals surface area contributed by atoms with Crippen LogP contribution in [0.4, 0.5) is 0 Å². The lowest BCUT2D eigenvalue weighted by Gasteiger charge is -2.39. The quantitative estimate of drug-likeness (QED) is 0.339. The van der Waals surface area contributed by atoms with E-state index in [2.05, 4.69) is 128 Å². The van der Waals surface area contributed by atoms with Crippen LogP contribution in [0.5, 0.6) is 0 Å². The number of fused-ring (bicyclic) bond motifs is 2. The Labute approximate surface area is 222 Å². The van der Waals surface area contributed by atoms with E-state index in [0.717, 1.165) is 12.8 Å². The average Bonchev–Trinajstić information content (AvgIpc) is 3.27. The molecule has 2 nitrogen and oxygen atoms in total. The maximum Gasteiger partial charge on any atom is 0.250 e. The van der Waals surface area contributed by atoms with Crippen molar-refractivity contribution in [1.29, 1.82) is 0 Å². The van der Waals surface area contributed by atoms with Crippen LogP contribution in [0.3, 0.4) is 0 Å². The summed E-state index contributed by atoms with van der Waals surface area (Å²) in [6.07, 6.45) is 6.72. The Balaban J connectivity index is 1.61. The second-order valence-electron chi connectivity index (χ2n) is 13.8. The molecule has 4 rings (SSSR count). The van der Waals surface area contributed by atoms with Crippen molar-refractivity contribution >= 4 is 28.8 Å². The zero-order valence-corrected chi connectivity index (χ0v) is 26.2. The summed E-state index contributed by atoms with van der Waals surface area (Å²) in [5.74, 6) is 2.95. The molecule has 0 N–H and O–H groups in total. The molecular formula is C32H46O2Si2. The summed E-state index contributed by atoms with van der Waals surface area (Å²) in [6, 6.07) is 17.7. The lowest BCUT2D eigenvalue weighted by atomic mass is 9.88. The second kappa shape index (κ2) is 9.36. The first kappa shape index (κ1) is 27.0. The van der Waals surface area contributed by atoms with Crippen LogP contribution in [0.2, 0.25) is 36.3 Å². The Morgan fingerprint density at radius 1 is 0.583 bits per heavy atom. The number of allylic oxidation sites excluding steroid dienone is 2. The van der Waals surface area contributed by atoms with E-state index >= 15 is 0 Å². The minimum Gasteiger partial charge on any atom is -0.546 e. The first-order valence-corrected chi connectivity index (χ1v) is 19.4. The van der Waals surface area contributed by atoms with E-state index in [4.69, 9.17) is 8.85 Å². The van der Waals surface area contributed by atoms with Crippen molar-refractivity contribution in [2.75, 3.05) is 0 Å². The van der Waals surface area contributed by atoms with E-state index in [1.165, 1.54) is 33.8 Å². The highest BCUT2D eigenvalue weighted by atomic mass is 28.4. The van der Waals surface area contributed by atoms with Crippen molar-refractivity contribution in [3.63, 3.8) is 0 Å². The maximum absolute atomic E-state index is 6.96. The molecule has 0 aromatic heterocycles. The zero-order chi connectivity index (χ0) is 26.5. The summed E-state index contributed by atoms with van der Waals surface area (Å²) >= 11 is 0. The van der Waals surface area contributed by atoms with Crippen LogP contribution in [0.15, 0.2) is 60.0 Å². The van der Waals surface area contributed by atoms with Gasteiger partial charge in [0.15, 0.2) is 0 Å². The van der Waals surface area contributed by atoms with Crippen molar-refractivity contribution in [3.8, 4) is 0 Å². The van der Waals surface area contributed by atoms with Gasteiger partial charge in [-0.1, -0.05) is 90.1 Å². The van der Waals surface area contributed by atoms with Crippen molar-refractivity contribution in [1.82, 2.24) is 0 Å². The Morgan fingerprint density at radius 3 is 1.25 bits per heavy atom. The van der Waals surface area contributed by atoms with Gasteiger partial charge in [0, 0.05) is 11.8 Å². The molecule has 0 spiro atoms. The predicted molar refractivity (Wildman–Crippen MR) is 160 cm³/mol. The van der Waals surface area contributed by atoms with Crippen molar-refractivity contribution in [2.24, 2.45) is 0 Å². The van der Waals surface area contributed by atoms with Gasteiger partial charge in [0.25, 0.3) is 0 Å². The van der Waals surface area contributed by atoms with Gasteiger partial charge in [0.2, 0.25) is 16.6 Å². The SMILES string of the molecule is CC(C)(C)[Si](C)(C)OC1=Cc2ccccc2[C@@H]1CC[C@@H]1C(O[Si](C)(C)C(C)(C)C)=Cc2ccccc21. The minimum absolute atomic E-state index is 0.171. The van der Waals surface area contributed by atoms with E-state index < -0.39 is 16.6 Å². The minimum atomic E-state index is -1.93. The largest absolute Gasteiger partial charge is 0.546 e. The number of hydrogen-bond donors (Lipinski definition) is 0. The lowest BCUT2D eigenvalue weighted by Crippen LogP contribution is -2.41. The Bertz CT molecular complexity index is 1080. The van der Waals surface area contributed by atoms with Gasteiger partial charge in [-0.05, 0) is 83.5 Å². The molecule has 36 heavy (non-hydrogen) atoms. The van der Waals surface area contributed by atoms with Crippen molar-refractivity contribution in [3.05, 3.63) is 82.3 Å². The summed E-state index contributed by atoms with van der Waals surface area (Å²) in [5, 5.41) is 0.342. The average molecular weight is 519 g/mol. The van der Waals surface area contributed by atoms with E-state index in [-0.39, 0.29) is 10.1 Å². The molecule has 0 saturated carbocycles. The topological polar surface area (TPSA) is 18.5 Å². The summed E-state index contributed by atoms with van der Waals surface area (Å²) in [5.41, 5.74) is 5.45. The van der Waals surface area contributed by atoms with Gasteiger partial charge in [0.1, 0.15) is 0 Å². The molecule has 0 heterocycles. The fourth-order valence-electron chi connectivity index (χ4n) is 4.76. The molecule has 0 saturated heterocycles. The van der Waals surface area contributed by atoms with Gasteiger partial charge in [-0.25, -0.2) is 0 Å². The Morgan fingerprint density at radius 2 is 0.917 bits per heavy atom. The molecule has 0 bridgehead atoms. The second-order valence-corrected chi connectivity index (χ2v) is 23.2. The monoisotopic (exact) mass is 518 g/mol. The summed E-state index contributed by atoms with van der Waals surface area (Å²) in [6.45, 7) is 23.4. The smallest absolute Gasteiger partial charge is 0.250 e. The summed E-state index contributed by atoms with van der Waals surface area (Å²) < 4.78 is 13.9. The molecule has 0 amide bonds. The van der Waals surface area contributed by atoms with Crippen molar-refractivity contribution in [2.45, 2.75) is 102 Å². The van der Waals surface area contributed by atoms with Crippen molar-refractivity contribution < 1.29 is 8.85 Å². The van der Waals surface area contributed by atoms with Crippen LogP contribution in [-0.2, 0) is 8.85 Å². The molecular weight excluding hydrogens is 473 g/mol. The fraction of sp³-hybridized carbons (Fsp3) is 0.500.